The number of nitrogens with one attached hydrogen (secondary N) is 1. The van der Waals surface area contributed by atoms with Gasteiger partial charge >= 0.3 is 0 Å². The van der Waals surface area contributed by atoms with Crippen LogP contribution in [-0.4, -0.2) is 26.2 Å². The Bertz CT molecular complexity index is 1210. The molecule has 2 heterocycles. The molecular weight excluding hydrogens is 382 g/mol. The number of hydrogen-bond acceptors (Lipinski definition) is 4. The van der Waals surface area contributed by atoms with Crippen LogP contribution in [0.25, 0.3) is 11.4 Å². The molecule has 0 bridgehead atoms. The normalized spacial score (nSPS) is 10.9. The number of rotatable bonds is 6. The number of hydrazone groups is 1. The molecule has 0 spiro atoms. The second-order valence-corrected chi connectivity index (χ2v) is 6.38. The van der Waals surface area contributed by atoms with Crippen molar-refractivity contribution in [2.75, 3.05) is 0 Å². The quantitative estimate of drug-likeness (QED) is 0.302. The number of para-hydroxylation sites is 1. The van der Waals surface area contributed by atoms with Crippen LogP contribution in [0.1, 0.15) is 16.1 Å². The van der Waals surface area contributed by atoms with Crippen molar-refractivity contribution in [2.24, 2.45) is 5.10 Å². The third-order valence-corrected chi connectivity index (χ3v) is 4.51. The maximum atomic E-state index is 12.6. The molecular formula is C22H17N5O3. The van der Waals surface area contributed by atoms with E-state index in [1.54, 1.807) is 24.3 Å². The van der Waals surface area contributed by atoms with E-state index < -0.39 is 4.92 Å². The summed E-state index contributed by atoms with van der Waals surface area (Å²) in [5, 5.41) is 14.9. The topological polar surface area (TPSA) is 94.5 Å². The van der Waals surface area contributed by atoms with Crippen LogP contribution in [0.4, 0.5) is 5.69 Å². The standard InChI is InChI=1S/C22H17N5O3/c28-22(20-7-1-2-8-21(20)25-13-3-4-14-25)24-23-16-19-6-5-15-26(19)17-9-11-18(12-10-17)27(29)30/h1-16H,(H,24,28)/b23-16+. The summed E-state index contributed by atoms with van der Waals surface area (Å²) in [6.07, 6.45) is 7.07. The van der Waals surface area contributed by atoms with Crippen LogP contribution in [0, 0.1) is 10.1 Å². The van der Waals surface area contributed by atoms with E-state index >= 15 is 0 Å². The number of amides is 1. The van der Waals surface area contributed by atoms with Gasteiger partial charge < -0.3 is 9.13 Å². The molecule has 8 nitrogen and oxygen atoms in total. The number of benzene rings is 2. The summed E-state index contributed by atoms with van der Waals surface area (Å²) in [6.45, 7) is 0. The summed E-state index contributed by atoms with van der Waals surface area (Å²) < 4.78 is 3.67. The summed E-state index contributed by atoms with van der Waals surface area (Å²) in [5.41, 5.74) is 5.29. The first-order chi connectivity index (χ1) is 14.6. The Morgan fingerprint density at radius 2 is 1.67 bits per heavy atom. The fourth-order valence-electron chi connectivity index (χ4n) is 3.07. The maximum Gasteiger partial charge on any atom is 0.273 e. The Hall–Kier alpha value is -4.46. The van der Waals surface area contributed by atoms with Crippen LogP contribution in [0.2, 0.25) is 0 Å². The predicted octanol–water partition coefficient (Wildman–Crippen LogP) is 3.94. The summed E-state index contributed by atoms with van der Waals surface area (Å²) in [4.78, 5) is 23.0. The van der Waals surface area contributed by atoms with Gasteiger partial charge in [0, 0.05) is 36.4 Å². The number of nitro benzene ring substituents is 1. The van der Waals surface area contributed by atoms with E-state index in [9.17, 15) is 14.9 Å². The van der Waals surface area contributed by atoms with Gasteiger partial charge in [-0.2, -0.15) is 5.10 Å². The summed E-state index contributed by atoms with van der Waals surface area (Å²) in [6, 6.07) is 20.9. The molecule has 0 atom stereocenters. The van der Waals surface area contributed by atoms with Crippen molar-refractivity contribution in [3.05, 3.63) is 113 Å². The zero-order chi connectivity index (χ0) is 20.9. The van der Waals surface area contributed by atoms with Crippen molar-refractivity contribution < 1.29 is 9.72 Å². The van der Waals surface area contributed by atoms with Crippen molar-refractivity contribution >= 4 is 17.8 Å². The first-order valence-corrected chi connectivity index (χ1v) is 9.11. The molecule has 0 saturated heterocycles. The molecule has 1 amide bonds. The van der Waals surface area contributed by atoms with Crippen LogP contribution in [0.15, 0.2) is 96.5 Å². The van der Waals surface area contributed by atoms with Gasteiger partial charge in [0.05, 0.1) is 28.1 Å². The molecule has 0 saturated carbocycles. The van der Waals surface area contributed by atoms with Gasteiger partial charge in [-0.05, 0) is 48.5 Å². The molecule has 0 aliphatic heterocycles. The van der Waals surface area contributed by atoms with Crippen LogP contribution < -0.4 is 5.43 Å². The van der Waals surface area contributed by atoms with Gasteiger partial charge in [-0.15, -0.1) is 0 Å². The fourth-order valence-corrected chi connectivity index (χ4v) is 3.07. The van der Waals surface area contributed by atoms with E-state index in [0.717, 1.165) is 11.4 Å². The molecule has 0 fully saturated rings. The second kappa shape index (κ2) is 8.27. The number of hydrogen-bond donors (Lipinski definition) is 1. The molecule has 0 aliphatic carbocycles. The van der Waals surface area contributed by atoms with Gasteiger partial charge in [-0.3, -0.25) is 14.9 Å². The van der Waals surface area contributed by atoms with E-state index in [1.165, 1.54) is 18.3 Å². The highest BCUT2D eigenvalue weighted by molar-refractivity contribution is 5.98. The van der Waals surface area contributed by atoms with Crippen molar-refractivity contribution in [3.8, 4) is 11.4 Å². The van der Waals surface area contributed by atoms with Gasteiger partial charge in [-0.1, -0.05) is 12.1 Å². The molecule has 1 N–H and O–H groups in total. The Morgan fingerprint density at radius 3 is 2.40 bits per heavy atom. The summed E-state index contributed by atoms with van der Waals surface area (Å²) in [7, 11) is 0. The molecule has 30 heavy (non-hydrogen) atoms. The molecule has 2 aromatic carbocycles. The predicted molar refractivity (Wildman–Crippen MR) is 113 cm³/mol. The first-order valence-electron chi connectivity index (χ1n) is 9.11. The molecule has 4 rings (SSSR count). The minimum atomic E-state index is -0.442. The number of carbonyl (C=O) groups is 1. The average Bonchev–Trinajstić information content (AvgIpc) is 3.46. The van der Waals surface area contributed by atoms with Crippen LogP contribution in [-0.2, 0) is 0 Å². The smallest absolute Gasteiger partial charge is 0.273 e. The number of nitro groups is 1. The van der Waals surface area contributed by atoms with E-state index in [-0.39, 0.29) is 11.6 Å². The lowest BCUT2D eigenvalue weighted by Crippen LogP contribution is -2.19. The van der Waals surface area contributed by atoms with Crippen LogP contribution >= 0.6 is 0 Å². The Balaban J connectivity index is 1.51. The van der Waals surface area contributed by atoms with E-state index in [2.05, 4.69) is 10.5 Å². The lowest BCUT2D eigenvalue weighted by Gasteiger charge is -2.09. The highest BCUT2D eigenvalue weighted by Crippen LogP contribution is 2.17. The molecule has 148 valence electrons. The number of aromatic nitrogens is 2. The molecule has 4 aromatic rings. The Labute approximate surface area is 171 Å². The SMILES string of the molecule is O=C(N/N=C/c1cccn1-c1ccc([N+](=O)[O-])cc1)c1ccccc1-n1cccc1. The number of nitrogens with zero attached hydrogens (tertiary/aromatic N) is 4. The van der Waals surface area contributed by atoms with Gasteiger partial charge in [0.25, 0.3) is 11.6 Å². The lowest BCUT2D eigenvalue weighted by atomic mass is 10.1. The minimum Gasteiger partial charge on any atom is -0.323 e. The highest BCUT2D eigenvalue weighted by Gasteiger charge is 2.11. The lowest BCUT2D eigenvalue weighted by molar-refractivity contribution is -0.384. The van der Waals surface area contributed by atoms with Crippen molar-refractivity contribution in [2.45, 2.75) is 0 Å². The van der Waals surface area contributed by atoms with Crippen molar-refractivity contribution in [1.29, 1.82) is 0 Å². The third kappa shape index (κ3) is 3.88. The maximum absolute atomic E-state index is 12.6. The summed E-state index contributed by atoms with van der Waals surface area (Å²) in [5.74, 6) is -0.330. The Kier molecular flexibility index (Phi) is 5.21. The molecule has 2 aromatic heterocycles. The monoisotopic (exact) mass is 399 g/mol. The van der Waals surface area contributed by atoms with Crippen molar-refractivity contribution in [1.82, 2.24) is 14.6 Å². The van der Waals surface area contributed by atoms with Gasteiger partial charge in [0.15, 0.2) is 0 Å². The van der Waals surface area contributed by atoms with Crippen LogP contribution in [0.5, 0.6) is 0 Å². The van der Waals surface area contributed by atoms with Crippen LogP contribution in [0.3, 0.4) is 0 Å². The molecule has 8 heteroatoms. The average molecular weight is 399 g/mol. The zero-order valence-electron chi connectivity index (χ0n) is 15.8. The van der Waals surface area contributed by atoms with E-state index in [1.807, 2.05) is 64.1 Å². The third-order valence-electron chi connectivity index (χ3n) is 4.51. The first kappa shape index (κ1) is 18.9. The second-order valence-electron chi connectivity index (χ2n) is 6.38. The molecule has 0 unspecified atom stereocenters. The highest BCUT2D eigenvalue weighted by atomic mass is 16.6. The largest absolute Gasteiger partial charge is 0.323 e. The zero-order valence-corrected chi connectivity index (χ0v) is 15.8. The molecule has 0 radical (unpaired) electrons. The number of non-ortho nitro benzene ring substituents is 1. The summed E-state index contributed by atoms with van der Waals surface area (Å²) >= 11 is 0. The van der Waals surface area contributed by atoms with Gasteiger partial charge in [0.1, 0.15) is 0 Å². The minimum absolute atomic E-state index is 0.0229. The fraction of sp³-hybridized carbons (Fsp3) is 0. The van der Waals surface area contributed by atoms with E-state index in [4.69, 9.17) is 0 Å². The Morgan fingerprint density at radius 1 is 0.933 bits per heavy atom. The van der Waals surface area contributed by atoms with Crippen molar-refractivity contribution in [3.63, 3.8) is 0 Å². The van der Waals surface area contributed by atoms with E-state index in [0.29, 0.717) is 11.3 Å². The van der Waals surface area contributed by atoms with Gasteiger partial charge in [0.2, 0.25) is 0 Å². The number of carbonyl (C=O) groups excluding carboxylic acids is 1. The molecule has 0 aliphatic rings. The van der Waals surface area contributed by atoms with Gasteiger partial charge in [-0.25, -0.2) is 5.43 Å².